The lowest BCUT2D eigenvalue weighted by Gasteiger charge is -2.26. The van der Waals surface area contributed by atoms with E-state index in [0.717, 1.165) is 30.3 Å². The molecule has 3 aromatic carbocycles. The van der Waals surface area contributed by atoms with Crippen molar-refractivity contribution in [2.24, 2.45) is 0 Å². The number of alkyl halides is 3. The van der Waals surface area contributed by atoms with Crippen molar-refractivity contribution in [3.63, 3.8) is 0 Å². The highest BCUT2D eigenvalue weighted by Crippen LogP contribution is 2.48. The lowest BCUT2D eigenvalue weighted by atomic mass is 9.94. The second-order valence-corrected chi connectivity index (χ2v) is 8.81. The van der Waals surface area contributed by atoms with E-state index < -0.39 is 46.6 Å². The molecule has 38 heavy (non-hydrogen) atoms. The van der Waals surface area contributed by atoms with E-state index in [0.29, 0.717) is 11.0 Å². The fourth-order valence-corrected chi connectivity index (χ4v) is 4.90. The highest BCUT2D eigenvalue weighted by atomic mass is 35.5. The summed E-state index contributed by atoms with van der Waals surface area (Å²) in [7, 11) is 2.49. The summed E-state index contributed by atoms with van der Waals surface area (Å²) in [6, 6.07) is 8.20. The van der Waals surface area contributed by atoms with Gasteiger partial charge in [0.25, 0.3) is 11.7 Å². The highest BCUT2D eigenvalue weighted by molar-refractivity contribution is 6.52. The van der Waals surface area contributed by atoms with Crippen molar-refractivity contribution < 1.29 is 41.7 Å². The van der Waals surface area contributed by atoms with Gasteiger partial charge in [0.05, 0.1) is 42.0 Å². The van der Waals surface area contributed by atoms with Crippen LogP contribution in [0.5, 0.6) is 11.5 Å². The number of carbonyl (C=O) groups is 2. The molecule has 0 radical (unpaired) electrons. The normalized spacial score (nSPS) is 17.2. The minimum absolute atomic E-state index is 0.00296. The molecule has 1 saturated heterocycles. The zero-order valence-electron chi connectivity index (χ0n) is 19.6. The SMILES string of the molecule is COc1c(Cl)cc(/C(O)=C2\C(=O)C(=O)N(c3cccc(C(F)(F)F)c3)C2c2ccccc2F)c(OC)c1Cl. The number of aliphatic hydroxyl groups is 1. The lowest BCUT2D eigenvalue weighted by molar-refractivity contribution is -0.137. The molecule has 1 N–H and O–H groups in total. The average molecular weight is 570 g/mol. The van der Waals surface area contributed by atoms with Crippen LogP contribution in [-0.2, 0) is 15.8 Å². The molecular formula is C26H17Cl2F4NO5. The van der Waals surface area contributed by atoms with E-state index in [1.165, 1.54) is 32.4 Å². The highest BCUT2D eigenvalue weighted by Gasteiger charge is 2.48. The number of carbonyl (C=O) groups excluding carboxylic acids is 2. The molecule has 12 heteroatoms. The van der Waals surface area contributed by atoms with Gasteiger partial charge in [0, 0.05) is 11.3 Å². The van der Waals surface area contributed by atoms with Crippen LogP contribution in [0.15, 0.2) is 60.2 Å². The monoisotopic (exact) mass is 569 g/mol. The third-order valence-electron chi connectivity index (χ3n) is 5.89. The number of amides is 1. The van der Waals surface area contributed by atoms with Gasteiger partial charge in [-0.15, -0.1) is 0 Å². The topological polar surface area (TPSA) is 76.1 Å². The first kappa shape index (κ1) is 27.3. The molecule has 3 aromatic rings. The van der Waals surface area contributed by atoms with E-state index in [1.807, 2.05) is 0 Å². The maximum absolute atomic E-state index is 15.0. The zero-order valence-corrected chi connectivity index (χ0v) is 21.1. The van der Waals surface area contributed by atoms with Gasteiger partial charge in [-0.3, -0.25) is 14.5 Å². The fraction of sp³-hybridized carbons (Fsp3) is 0.154. The molecular weight excluding hydrogens is 553 g/mol. The largest absolute Gasteiger partial charge is 0.507 e. The number of nitrogens with zero attached hydrogens (tertiary/aromatic N) is 1. The van der Waals surface area contributed by atoms with Gasteiger partial charge in [0.2, 0.25) is 0 Å². The second-order valence-electron chi connectivity index (χ2n) is 8.03. The van der Waals surface area contributed by atoms with Gasteiger partial charge in [0.15, 0.2) is 11.5 Å². The second kappa shape index (κ2) is 10.2. The van der Waals surface area contributed by atoms with Gasteiger partial charge in [0.1, 0.15) is 16.6 Å². The summed E-state index contributed by atoms with van der Waals surface area (Å²) in [6.45, 7) is 0. The summed E-state index contributed by atoms with van der Waals surface area (Å²) in [6.07, 6.45) is -4.76. The van der Waals surface area contributed by atoms with Gasteiger partial charge in [-0.25, -0.2) is 4.39 Å². The van der Waals surface area contributed by atoms with Crippen LogP contribution in [-0.4, -0.2) is 31.0 Å². The molecule has 4 rings (SSSR count). The maximum Gasteiger partial charge on any atom is 0.416 e. The van der Waals surface area contributed by atoms with Crippen molar-refractivity contribution in [1.82, 2.24) is 0 Å². The predicted molar refractivity (Wildman–Crippen MR) is 132 cm³/mol. The Morgan fingerprint density at radius 1 is 0.974 bits per heavy atom. The van der Waals surface area contributed by atoms with Crippen LogP contribution >= 0.6 is 23.2 Å². The number of hydrogen-bond acceptors (Lipinski definition) is 5. The summed E-state index contributed by atoms with van der Waals surface area (Å²) >= 11 is 12.5. The van der Waals surface area contributed by atoms with E-state index in [4.69, 9.17) is 32.7 Å². The molecule has 6 nitrogen and oxygen atoms in total. The first-order valence-corrected chi connectivity index (χ1v) is 11.5. The van der Waals surface area contributed by atoms with Crippen LogP contribution in [0.2, 0.25) is 10.0 Å². The Labute approximate surface area is 223 Å². The van der Waals surface area contributed by atoms with E-state index in [-0.39, 0.29) is 38.4 Å². The van der Waals surface area contributed by atoms with Gasteiger partial charge < -0.3 is 14.6 Å². The molecule has 0 saturated carbocycles. The van der Waals surface area contributed by atoms with E-state index >= 15 is 4.39 Å². The number of aliphatic hydroxyl groups excluding tert-OH is 1. The summed E-state index contributed by atoms with van der Waals surface area (Å²) in [4.78, 5) is 27.2. The van der Waals surface area contributed by atoms with Gasteiger partial charge >= 0.3 is 6.18 Å². The molecule has 1 aliphatic rings. The van der Waals surface area contributed by atoms with E-state index in [1.54, 1.807) is 0 Å². The van der Waals surface area contributed by atoms with Crippen LogP contribution in [0.1, 0.15) is 22.7 Å². The smallest absolute Gasteiger partial charge is 0.416 e. The first-order valence-electron chi connectivity index (χ1n) is 10.7. The van der Waals surface area contributed by atoms with Gasteiger partial charge in [-0.05, 0) is 30.3 Å². The number of ketones is 1. The van der Waals surface area contributed by atoms with Gasteiger partial charge in [-0.2, -0.15) is 13.2 Å². The van der Waals surface area contributed by atoms with Crippen LogP contribution in [0.3, 0.4) is 0 Å². The van der Waals surface area contributed by atoms with Crippen LogP contribution in [0, 0.1) is 5.82 Å². The van der Waals surface area contributed by atoms with E-state index in [9.17, 15) is 27.9 Å². The molecule has 1 atom stereocenters. The molecule has 0 aliphatic carbocycles. The molecule has 1 fully saturated rings. The zero-order chi connectivity index (χ0) is 27.9. The summed E-state index contributed by atoms with van der Waals surface area (Å²) in [5, 5.41) is 11.1. The Morgan fingerprint density at radius 3 is 2.24 bits per heavy atom. The van der Waals surface area contributed by atoms with Crippen LogP contribution in [0.4, 0.5) is 23.2 Å². The Balaban J connectivity index is 2.04. The number of ether oxygens (including phenoxy) is 2. The molecule has 1 unspecified atom stereocenters. The van der Waals surface area contributed by atoms with Crippen molar-refractivity contribution in [2.45, 2.75) is 12.2 Å². The average Bonchev–Trinajstić information content (AvgIpc) is 3.13. The third kappa shape index (κ3) is 4.54. The number of anilines is 1. The predicted octanol–water partition coefficient (Wildman–Crippen LogP) is 6.79. The summed E-state index contributed by atoms with van der Waals surface area (Å²) in [5.74, 6) is -4.46. The van der Waals surface area contributed by atoms with Crippen LogP contribution in [0.25, 0.3) is 5.76 Å². The van der Waals surface area contributed by atoms with Crippen molar-refractivity contribution in [3.05, 3.63) is 92.7 Å². The Hall–Kier alpha value is -3.76. The quantitative estimate of drug-likeness (QED) is 0.158. The molecule has 1 heterocycles. The Bertz CT molecular complexity index is 1490. The third-order valence-corrected chi connectivity index (χ3v) is 6.51. The lowest BCUT2D eigenvalue weighted by Crippen LogP contribution is -2.30. The summed E-state index contributed by atoms with van der Waals surface area (Å²) < 4.78 is 65.7. The van der Waals surface area contributed by atoms with Crippen molar-refractivity contribution in [2.75, 3.05) is 19.1 Å². The summed E-state index contributed by atoms with van der Waals surface area (Å²) in [5.41, 5.74) is -2.54. The van der Waals surface area contributed by atoms with Crippen molar-refractivity contribution in [3.8, 4) is 11.5 Å². The minimum atomic E-state index is -4.76. The molecule has 0 spiro atoms. The number of Topliss-reactive ketones (excluding diaryl/α,β-unsaturated/α-hetero) is 1. The standard InChI is InChI=1S/C26H17Cl2F4NO5/c1-37-23-15(11-16(27)24(38-2)19(23)28)21(34)18-20(14-8-3-4-9-17(14)29)33(25(36)22(18)35)13-7-5-6-12(10-13)26(30,31)32/h3-11,20,34H,1-2H3/b21-18+. The molecule has 0 bridgehead atoms. The van der Waals surface area contributed by atoms with Crippen molar-refractivity contribution >= 4 is 46.3 Å². The number of halogens is 6. The Morgan fingerprint density at radius 2 is 1.63 bits per heavy atom. The molecule has 0 aromatic heterocycles. The van der Waals surface area contributed by atoms with E-state index in [2.05, 4.69) is 0 Å². The number of benzene rings is 3. The maximum atomic E-state index is 15.0. The fourth-order valence-electron chi connectivity index (χ4n) is 4.21. The first-order chi connectivity index (χ1) is 17.9. The number of methoxy groups -OCH3 is 2. The number of hydrogen-bond donors (Lipinski definition) is 1. The molecule has 1 aliphatic heterocycles. The Kier molecular flexibility index (Phi) is 7.31. The van der Waals surface area contributed by atoms with Gasteiger partial charge in [-0.1, -0.05) is 47.5 Å². The number of rotatable bonds is 5. The van der Waals surface area contributed by atoms with Crippen molar-refractivity contribution in [1.29, 1.82) is 0 Å². The molecule has 198 valence electrons. The molecule has 1 amide bonds. The minimum Gasteiger partial charge on any atom is -0.507 e. The van der Waals surface area contributed by atoms with Crippen LogP contribution < -0.4 is 14.4 Å².